The molecule has 0 bridgehead atoms. The number of nitrogens with two attached hydrogens (primary N) is 1. The number of carbonyl (C=O) groups excluding carboxylic acids is 1. The summed E-state index contributed by atoms with van der Waals surface area (Å²) < 4.78 is 5.48. The van der Waals surface area contributed by atoms with Crippen LogP contribution in [0.5, 0.6) is 5.75 Å². The fourth-order valence-electron chi connectivity index (χ4n) is 1.11. The average Bonchev–Trinajstić information content (AvgIpc) is 2.16. The van der Waals surface area contributed by atoms with E-state index in [9.17, 15) is 4.79 Å². The number of ether oxygens (including phenoxy) is 1. The minimum Gasteiger partial charge on any atom is -0.491 e. The Labute approximate surface area is 89.4 Å². The van der Waals surface area contributed by atoms with Crippen LogP contribution >= 0.6 is 0 Å². The number of rotatable bonds is 5. The van der Waals surface area contributed by atoms with Gasteiger partial charge in [-0.15, -0.1) is 0 Å². The van der Waals surface area contributed by atoms with Crippen LogP contribution in [0.2, 0.25) is 0 Å². The first-order chi connectivity index (χ1) is 7.08. The number of primary amides is 1. The summed E-state index contributed by atoms with van der Waals surface area (Å²) in [6, 6.07) is 7.40. The molecule has 0 saturated carbocycles. The highest BCUT2D eigenvalue weighted by molar-refractivity contribution is 5.78. The second-order valence-electron chi connectivity index (χ2n) is 3.51. The van der Waals surface area contributed by atoms with Gasteiger partial charge in [0.05, 0.1) is 12.6 Å². The van der Waals surface area contributed by atoms with E-state index in [0.29, 0.717) is 0 Å². The second kappa shape index (κ2) is 5.24. The van der Waals surface area contributed by atoms with Crippen molar-refractivity contribution in [1.29, 1.82) is 0 Å². The van der Waals surface area contributed by atoms with Crippen molar-refractivity contribution < 1.29 is 9.53 Å². The van der Waals surface area contributed by atoms with Crippen molar-refractivity contribution in [3.63, 3.8) is 0 Å². The van der Waals surface area contributed by atoms with E-state index in [0.717, 1.165) is 11.4 Å². The molecule has 0 aromatic heterocycles. The largest absolute Gasteiger partial charge is 0.491 e. The molecule has 0 spiro atoms. The Bertz CT molecular complexity index is 320. The van der Waals surface area contributed by atoms with E-state index in [1.165, 1.54) is 0 Å². The number of amides is 1. The normalized spacial score (nSPS) is 10.1. The van der Waals surface area contributed by atoms with Gasteiger partial charge in [-0.2, -0.15) is 0 Å². The molecule has 1 aromatic carbocycles. The van der Waals surface area contributed by atoms with Crippen molar-refractivity contribution in [2.24, 2.45) is 5.73 Å². The lowest BCUT2D eigenvalue weighted by molar-refractivity contribution is -0.116. The van der Waals surface area contributed by atoms with Crippen LogP contribution in [0.3, 0.4) is 0 Å². The molecule has 1 rings (SSSR count). The van der Waals surface area contributed by atoms with Crippen LogP contribution in [0.1, 0.15) is 13.8 Å². The van der Waals surface area contributed by atoms with Crippen LogP contribution in [0.4, 0.5) is 5.69 Å². The van der Waals surface area contributed by atoms with Gasteiger partial charge in [0, 0.05) is 5.69 Å². The Morgan fingerprint density at radius 1 is 1.40 bits per heavy atom. The predicted octanol–water partition coefficient (Wildman–Crippen LogP) is 1.37. The molecular formula is C11H16N2O2. The highest BCUT2D eigenvalue weighted by atomic mass is 16.5. The van der Waals surface area contributed by atoms with Gasteiger partial charge in [-0.3, -0.25) is 4.79 Å². The minimum atomic E-state index is -0.377. The van der Waals surface area contributed by atoms with Crippen molar-refractivity contribution in [2.45, 2.75) is 20.0 Å². The van der Waals surface area contributed by atoms with E-state index in [1.807, 2.05) is 38.1 Å². The molecule has 4 nitrogen and oxygen atoms in total. The Kier molecular flexibility index (Phi) is 3.97. The lowest BCUT2D eigenvalue weighted by Crippen LogP contribution is -2.21. The van der Waals surface area contributed by atoms with E-state index >= 15 is 0 Å². The third kappa shape index (κ3) is 4.35. The molecule has 0 fully saturated rings. The standard InChI is InChI=1S/C11H16N2O2/c1-8(2)15-10-5-3-9(4-6-10)13-7-11(12)14/h3-6,8,13H,7H2,1-2H3,(H2,12,14). The number of hydrogen-bond donors (Lipinski definition) is 2. The lowest BCUT2D eigenvalue weighted by Gasteiger charge is -2.10. The van der Waals surface area contributed by atoms with Gasteiger partial charge >= 0.3 is 0 Å². The van der Waals surface area contributed by atoms with E-state index < -0.39 is 0 Å². The van der Waals surface area contributed by atoms with E-state index in [1.54, 1.807) is 0 Å². The summed E-state index contributed by atoms with van der Waals surface area (Å²) in [5.41, 5.74) is 5.86. The van der Waals surface area contributed by atoms with Gasteiger partial charge in [-0.05, 0) is 38.1 Å². The first kappa shape index (κ1) is 11.4. The molecule has 15 heavy (non-hydrogen) atoms. The number of benzene rings is 1. The summed E-state index contributed by atoms with van der Waals surface area (Å²) in [6.45, 7) is 4.09. The molecule has 82 valence electrons. The summed E-state index contributed by atoms with van der Waals surface area (Å²) in [4.78, 5) is 10.5. The van der Waals surface area contributed by atoms with Gasteiger partial charge in [0.2, 0.25) is 5.91 Å². The maximum absolute atomic E-state index is 10.5. The molecular weight excluding hydrogens is 192 g/mol. The Balaban J connectivity index is 2.52. The van der Waals surface area contributed by atoms with Crippen molar-refractivity contribution in [2.75, 3.05) is 11.9 Å². The molecule has 0 atom stereocenters. The SMILES string of the molecule is CC(C)Oc1ccc(NCC(N)=O)cc1. The molecule has 0 unspecified atom stereocenters. The molecule has 0 heterocycles. The van der Waals surface area contributed by atoms with Crippen LogP contribution in [-0.4, -0.2) is 18.6 Å². The van der Waals surface area contributed by atoms with Crippen LogP contribution in [-0.2, 0) is 4.79 Å². The second-order valence-corrected chi connectivity index (χ2v) is 3.51. The number of anilines is 1. The quantitative estimate of drug-likeness (QED) is 0.768. The molecule has 4 heteroatoms. The fourth-order valence-corrected chi connectivity index (χ4v) is 1.11. The monoisotopic (exact) mass is 208 g/mol. The van der Waals surface area contributed by atoms with E-state index in [2.05, 4.69) is 5.32 Å². The van der Waals surface area contributed by atoms with Crippen molar-refractivity contribution in [3.8, 4) is 5.75 Å². The number of carbonyl (C=O) groups is 1. The molecule has 0 aliphatic rings. The molecule has 1 amide bonds. The average molecular weight is 208 g/mol. The molecule has 0 aliphatic carbocycles. The zero-order chi connectivity index (χ0) is 11.3. The van der Waals surface area contributed by atoms with Crippen molar-refractivity contribution in [3.05, 3.63) is 24.3 Å². The topological polar surface area (TPSA) is 64.3 Å². The van der Waals surface area contributed by atoms with Crippen LogP contribution < -0.4 is 15.8 Å². The maximum atomic E-state index is 10.5. The summed E-state index contributed by atoms with van der Waals surface area (Å²) in [5.74, 6) is 0.437. The summed E-state index contributed by atoms with van der Waals surface area (Å²) in [6.07, 6.45) is 0.162. The van der Waals surface area contributed by atoms with Gasteiger partial charge in [0.15, 0.2) is 0 Å². The van der Waals surface area contributed by atoms with Gasteiger partial charge < -0.3 is 15.8 Å². The Morgan fingerprint density at radius 2 is 2.00 bits per heavy atom. The smallest absolute Gasteiger partial charge is 0.236 e. The lowest BCUT2D eigenvalue weighted by atomic mass is 10.3. The van der Waals surface area contributed by atoms with Crippen LogP contribution in [0.15, 0.2) is 24.3 Å². The third-order valence-electron chi connectivity index (χ3n) is 1.69. The third-order valence-corrected chi connectivity index (χ3v) is 1.69. The molecule has 0 saturated heterocycles. The van der Waals surface area contributed by atoms with E-state index in [4.69, 9.17) is 10.5 Å². The maximum Gasteiger partial charge on any atom is 0.236 e. The minimum absolute atomic E-state index is 0.143. The molecule has 0 radical (unpaired) electrons. The summed E-state index contributed by atoms with van der Waals surface area (Å²) in [5, 5.41) is 2.89. The Hall–Kier alpha value is -1.71. The molecule has 0 aliphatic heterocycles. The van der Waals surface area contributed by atoms with Gasteiger partial charge in [-0.25, -0.2) is 0 Å². The fraction of sp³-hybridized carbons (Fsp3) is 0.364. The molecule has 1 aromatic rings. The van der Waals surface area contributed by atoms with Crippen molar-refractivity contribution >= 4 is 11.6 Å². The number of hydrogen-bond acceptors (Lipinski definition) is 3. The summed E-state index contributed by atoms with van der Waals surface area (Å²) >= 11 is 0. The zero-order valence-electron chi connectivity index (χ0n) is 8.99. The predicted molar refractivity (Wildman–Crippen MR) is 59.9 cm³/mol. The zero-order valence-corrected chi connectivity index (χ0v) is 8.99. The first-order valence-electron chi connectivity index (χ1n) is 4.87. The summed E-state index contributed by atoms with van der Waals surface area (Å²) in [7, 11) is 0. The van der Waals surface area contributed by atoms with Gasteiger partial charge in [0.25, 0.3) is 0 Å². The number of nitrogens with one attached hydrogen (secondary N) is 1. The highest BCUT2D eigenvalue weighted by Crippen LogP contribution is 2.16. The van der Waals surface area contributed by atoms with Crippen LogP contribution in [0.25, 0.3) is 0 Å². The highest BCUT2D eigenvalue weighted by Gasteiger charge is 1.98. The van der Waals surface area contributed by atoms with Gasteiger partial charge in [-0.1, -0.05) is 0 Å². The Morgan fingerprint density at radius 3 is 2.47 bits per heavy atom. The molecule has 3 N–H and O–H groups in total. The first-order valence-corrected chi connectivity index (χ1v) is 4.87. The van der Waals surface area contributed by atoms with Crippen molar-refractivity contribution in [1.82, 2.24) is 0 Å². The van der Waals surface area contributed by atoms with E-state index in [-0.39, 0.29) is 18.6 Å². The van der Waals surface area contributed by atoms with Crippen LogP contribution in [0, 0.1) is 0 Å². The van der Waals surface area contributed by atoms with Gasteiger partial charge in [0.1, 0.15) is 5.75 Å².